The van der Waals surface area contributed by atoms with E-state index < -0.39 is 28.5 Å². The first-order chi connectivity index (χ1) is 18.7. The Balaban J connectivity index is 1.68. The van der Waals surface area contributed by atoms with Crippen molar-refractivity contribution in [3.63, 3.8) is 0 Å². The number of halogens is 1. The number of anilines is 1. The normalized spacial score (nSPS) is 14.5. The molecule has 3 aromatic rings. The molecule has 1 fully saturated rings. The Kier molecular flexibility index (Phi) is 9.66. The van der Waals surface area contributed by atoms with Gasteiger partial charge < -0.3 is 10.2 Å². The van der Waals surface area contributed by atoms with Crippen molar-refractivity contribution in [3.05, 3.63) is 93.6 Å². The summed E-state index contributed by atoms with van der Waals surface area (Å²) < 4.78 is 29.7. The molecular formula is C30H34IN3O4S. The highest BCUT2D eigenvalue weighted by molar-refractivity contribution is 14.1. The topological polar surface area (TPSA) is 86.8 Å². The van der Waals surface area contributed by atoms with Crippen molar-refractivity contribution in [2.75, 3.05) is 10.8 Å². The van der Waals surface area contributed by atoms with E-state index in [1.54, 1.807) is 49.4 Å². The molecule has 206 valence electrons. The van der Waals surface area contributed by atoms with E-state index in [0.717, 1.165) is 44.7 Å². The number of sulfonamides is 1. The van der Waals surface area contributed by atoms with Crippen molar-refractivity contribution in [2.24, 2.45) is 0 Å². The molecule has 1 aliphatic carbocycles. The predicted molar refractivity (Wildman–Crippen MR) is 162 cm³/mol. The lowest BCUT2D eigenvalue weighted by atomic mass is 10.1. The Morgan fingerprint density at radius 1 is 0.949 bits per heavy atom. The van der Waals surface area contributed by atoms with Crippen molar-refractivity contribution in [1.82, 2.24) is 10.2 Å². The van der Waals surface area contributed by atoms with E-state index in [0.29, 0.717) is 5.69 Å². The van der Waals surface area contributed by atoms with Crippen LogP contribution in [0.25, 0.3) is 0 Å². The summed E-state index contributed by atoms with van der Waals surface area (Å²) in [5.41, 5.74) is 2.27. The zero-order valence-electron chi connectivity index (χ0n) is 22.2. The van der Waals surface area contributed by atoms with Gasteiger partial charge in [0.25, 0.3) is 10.0 Å². The maximum absolute atomic E-state index is 14.0. The zero-order chi connectivity index (χ0) is 28.0. The van der Waals surface area contributed by atoms with Crippen LogP contribution in [0.2, 0.25) is 0 Å². The average molecular weight is 660 g/mol. The van der Waals surface area contributed by atoms with Gasteiger partial charge in [0.05, 0.1) is 10.6 Å². The number of nitrogens with zero attached hydrogens (tertiary/aromatic N) is 2. The average Bonchev–Trinajstić information content (AvgIpc) is 3.45. The number of nitrogens with one attached hydrogen (secondary N) is 1. The Morgan fingerprint density at radius 2 is 1.56 bits per heavy atom. The highest BCUT2D eigenvalue weighted by atomic mass is 127. The zero-order valence-corrected chi connectivity index (χ0v) is 25.2. The van der Waals surface area contributed by atoms with Crippen molar-refractivity contribution < 1.29 is 18.0 Å². The molecule has 0 aromatic heterocycles. The molecule has 0 spiro atoms. The maximum atomic E-state index is 14.0. The summed E-state index contributed by atoms with van der Waals surface area (Å²) in [4.78, 5) is 28.9. The van der Waals surface area contributed by atoms with Gasteiger partial charge in [-0.25, -0.2) is 8.42 Å². The molecule has 0 heterocycles. The second kappa shape index (κ2) is 13.0. The number of rotatable bonds is 10. The molecule has 0 bridgehead atoms. The quantitative estimate of drug-likeness (QED) is 0.301. The minimum absolute atomic E-state index is 0.0915. The van der Waals surface area contributed by atoms with Crippen LogP contribution in [0.1, 0.15) is 43.7 Å². The molecule has 39 heavy (non-hydrogen) atoms. The second-order valence-corrected chi connectivity index (χ2v) is 13.0. The monoisotopic (exact) mass is 659 g/mol. The van der Waals surface area contributed by atoms with Gasteiger partial charge in [0.15, 0.2) is 0 Å². The van der Waals surface area contributed by atoms with E-state index in [2.05, 4.69) is 27.9 Å². The molecule has 1 N–H and O–H groups in total. The third kappa shape index (κ3) is 7.19. The van der Waals surface area contributed by atoms with Gasteiger partial charge in [-0.2, -0.15) is 0 Å². The molecule has 0 radical (unpaired) electrons. The van der Waals surface area contributed by atoms with E-state index in [1.165, 1.54) is 17.0 Å². The number of carbonyl (C=O) groups excluding carboxylic acids is 2. The fraction of sp³-hybridized carbons (Fsp3) is 0.333. The SMILES string of the molecule is Cc1ccccc1CN(C(=O)CN(c1ccc(I)cc1)S(=O)(=O)c1ccccc1)[C@@H](C)C(=O)NC1CCCC1. The van der Waals surface area contributed by atoms with E-state index in [-0.39, 0.29) is 23.4 Å². The summed E-state index contributed by atoms with van der Waals surface area (Å²) in [6, 6.07) is 22.1. The number of hydrogen-bond donors (Lipinski definition) is 1. The minimum atomic E-state index is -4.06. The number of hydrogen-bond acceptors (Lipinski definition) is 4. The van der Waals surface area contributed by atoms with Gasteiger partial charge in [-0.3, -0.25) is 13.9 Å². The summed E-state index contributed by atoms with van der Waals surface area (Å²) in [7, 11) is -4.06. The van der Waals surface area contributed by atoms with Crippen LogP contribution < -0.4 is 9.62 Å². The lowest BCUT2D eigenvalue weighted by molar-refractivity contribution is -0.139. The fourth-order valence-electron chi connectivity index (χ4n) is 4.80. The standard InChI is InChI=1S/C30H34IN3O4S/c1-22-10-6-7-11-24(22)20-33(23(2)30(36)32-26-12-8-9-13-26)29(35)21-34(27-18-16-25(31)17-19-27)39(37,38)28-14-4-3-5-15-28/h3-7,10-11,14-19,23,26H,8-9,12-13,20-21H2,1-2H3,(H,32,36)/t23-/m0/s1. The molecular weight excluding hydrogens is 625 g/mol. The minimum Gasteiger partial charge on any atom is -0.352 e. The van der Waals surface area contributed by atoms with E-state index >= 15 is 0 Å². The van der Waals surface area contributed by atoms with Gasteiger partial charge in [-0.05, 0) is 96.8 Å². The van der Waals surface area contributed by atoms with Gasteiger partial charge in [-0.1, -0.05) is 55.3 Å². The predicted octanol–water partition coefficient (Wildman–Crippen LogP) is 5.27. The summed E-state index contributed by atoms with van der Waals surface area (Å²) in [6.45, 7) is 3.42. The van der Waals surface area contributed by atoms with Gasteiger partial charge in [0.2, 0.25) is 11.8 Å². The first kappa shape index (κ1) is 29.1. The summed E-state index contributed by atoms with van der Waals surface area (Å²) in [5, 5.41) is 3.10. The summed E-state index contributed by atoms with van der Waals surface area (Å²) in [6.07, 6.45) is 4.02. The molecule has 4 rings (SSSR count). The number of amides is 2. The van der Waals surface area contributed by atoms with Gasteiger partial charge in [0.1, 0.15) is 12.6 Å². The third-order valence-corrected chi connectivity index (χ3v) is 9.70. The largest absolute Gasteiger partial charge is 0.352 e. The highest BCUT2D eigenvalue weighted by Gasteiger charge is 2.33. The van der Waals surface area contributed by atoms with E-state index in [4.69, 9.17) is 0 Å². The molecule has 3 aromatic carbocycles. The molecule has 0 aliphatic heterocycles. The van der Waals surface area contributed by atoms with Crippen LogP contribution in [0.3, 0.4) is 0 Å². The fourth-order valence-corrected chi connectivity index (χ4v) is 6.60. The molecule has 2 amide bonds. The molecule has 1 aliphatic rings. The third-order valence-electron chi connectivity index (χ3n) is 7.20. The lowest BCUT2D eigenvalue weighted by Gasteiger charge is -2.32. The first-order valence-corrected chi connectivity index (χ1v) is 15.7. The number of benzene rings is 3. The van der Waals surface area contributed by atoms with E-state index in [9.17, 15) is 18.0 Å². The highest BCUT2D eigenvalue weighted by Crippen LogP contribution is 2.26. The van der Waals surface area contributed by atoms with Crippen LogP contribution >= 0.6 is 22.6 Å². The maximum Gasteiger partial charge on any atom is 0.264 e. The van der Waals surface area contributed by atoms with Crippen LogP contribution in [-0.4, -0.2) is 43.8 Å². The summed E-state index contributed by atoms with van der Waals surface area (Å²) >= 11 is 2.15. The Morgan fingerprint density at radius 3 is 2.21 bits per heavy atom. The van der Waals surface area contributed by atoms with Crippen LogP contribution in [0, 0.1) is 10.5 Å². The number of aryl methyl sites for hydroxylation is 1. The summed E-state index contributed by atoms with van der Waals surface area (Å²) in [5.74, 6) is -0.680. The van der Waals surface area contributed by atoms with Crippen molar-refractivity contribution in [1.29, 1.82) is 0 Å². The Hall–Kier alpha value is -2.92. The lowest BCUT2D eigenvalue weighted by Crippen LogP contribution is -2.52. The first-order valence-electron chi connectivity index (χ1n) is 13.1. The Labute approximate surface area is 244 Å². The van der Waals surface area contributed by atoms with Crippen molar-refractivity contribution >= 4 is 50.1 Å². The van der Waals surface area contributed by atoms with Crippen LogP contribution in [-0.2, 0) is 26.2 Å². The Bertz CT molecular complexity index is 1390. The molecule has 1 saturated carbocycles. The van der Waals surface area contributed by atoms with Gasteiger partial charge in [-0.15, -0.1) is 0 Å². The van der Waals surface area contributed by atoms with Crippen LogP contribution in [0.5, 0.6) is 0 Å². The molecule has 9 heteroatoms. The van der Waals surface area contributed by atoms with Gasteiger partial charge in [0, 0.05) is 16.2 Å². The smallest absolute Gasteiger partial charge is 0.264 e. The number of carbonyl (C=O) groups is 2. The van der Waals surface area contributed by atoms with Crippen molar-refractivity contribution in [2.45, 2.75) is 63.1 Å². The van der Waals surface area contributed by atoms with Crippen LogP contribution in [0.4, 0.5) is 5.69 Å². The van der Waals surface area contributed by atoms with E-state index in [1.807, 2.05) is 31.2 Å². The molecule has 1 atom stereocenters. The van der Waals surface area contributed by atoms with Gasteiger partial charge >= 0.3 is 0 Å². The molecule has 0 unspecified atom stereocenters. The molecule has 7 nitrogen and oxygen atoms in total. The van der Waals surface area contributed by atoms with Crippen LogP contribution in [0.15, 0.2) is 83.8 Å². The second-order valence-electron chi connectivity index (χ2n) is 9.92. The molecule has 0 saturated heterocycles. The van der Waals surface area contributed by atoms with Crippen molar-refractivity contribution in [3.8, 4) is 0 Å².